The molecule has 5 heteroatoms. The Morgan fingerprint density at radius 3 is 2.95 bits per heavy atom. The smallest absolute Gasteiger partial charge is 0.192 e. The summed E-state index contributed by atoms with van der Waals surface area (Å²) < 4.78 is 5.48. The molecule has 112 valence electrons. The Morgan fingerprint density at radius 2 is 2.14 bits per heavy atom. The molecule has 2 atom stereocenters. The lowest BCUT2D eigenvalue weighted by Gasteiger charge is -2.30. The third-order valence-electron chi connectivity index (χ3n) is 4.18. The molecule has 0 aliphatic heterocycles. The second-order valence-corrected chi connectivity index (χ2v) is 6.29. The molecule has 1 saturated carbocycles. The third-order valence-corrected chi connectivity index (χ3v) is 4.40. The quantitative estimate of drug-likeness (QED) is 0.821. The van der Waals surface area contributed by atoms with Crippen molar-refractivity contribution in [2.24, 2.45) is 5.92 Å². The van der Waals surface area contributed by atoms with Crippen LogP contribution < -0.4 is 10.6 Å². The number of oxazole rings is 1. The number of aryl methyl sites for hydroxylation is 1. The minimum Gasteiger partial charge on any atom is -0.441 e. The molecule has 1 aliphatic rings. The van der Waals surface area contributed by atoms with Gasteiger partial charge in [0.15, 0.2) is 16.6 Å². The number of benzene rings is 1. The average molecular weight is 303 g/mol. The summed E-state index contributed by atoms with van der Waals surface area (Å²) in [6.45, 7) is 4.15. The lowest BCUT2D eigenvalue weighted by molar-refractivity contribution is 0.309. The van der Waals surface area contributed by atoms with E-state index in [-0.39, 0.29) is 0 Å². The van der Waals surface area contributed by atoms with Crippen molar-refractivity contribution in [3.63, 3.8) is 0 Å². The second-order valence-electron chi connectivity index (χ2n) is 5.88. The first kappa shape index (κ1) is 14.3. The molecule has 2 N–H and O–H groups in total. The van der Waals surface area contributed by atoms with Gasteiger partial charge in [0, 0.05) is 18.7 Å². The maximum Gasteiger partial charge on any atom is 0.192 e. The van der Waals surface area contributed by atoms with Gasteiger partial charge in [-0.1, -0.05) is 19.8 Å². The molecule has 2 aromatic rings. The lowest BCUT2D eigenvalue weighted by atomic mass is 9.86. The van der Waals surface area contributed by atoms with Crippen molar-refractivity contribution in [1.82, 2.24) is 10.3 Å². The van der Waals surface area contributed by atoms with Crippen molar-refractivity contribution in [2.45, 2.75) is 45.6 Å². The molecule has 4 nitrogen and oxygen atoms in total. The van der Waals surface area contributed by atoms with Gasteiger partial charge in [-0.15, -0.1) is 0 Å². The molecule has 3 rings (SSSR count). The standard InChI is InChI=1S/C16H21N3OS/c1-10-5-3-4-6-13(10)19-16(21)18-12-7-8-15-14(9-12)17-11(2)20-15/h7-10,13H,3-6H2,1-2H3,(H2,18,19,21)/t10-,13-/m0/s1. The fraction of sp³-hybridized carbons (Fsp3) is 0.500. The van der Waals surface area contributed by atoms with Crippen LogP contribution >= 0.6 is 12.2 Å². The molecule has 21 heavy (non-hydrogen) atoms. The zero-order valence-corrected chi connectivity index (χ0v) is 13.3. The van der Waals surface area contributed by atoms with E-state index in [9.17, 15) is 0 Å². The third kappa shape index (κ3) is 3.35. The molecule has 1 heterocycles. The molecule has 0 spiro atoms. The van der Waals surface area contributed by atoms with Gasteiger partial charge in [-0.3, -0.25) is 0 Å². The number of fused-ring (bicyclic) bond motifs is 1. The van der Waals surface area contributed by atoms with Gasteiger partial charge in [0.1, 0.15) is 5.52 Å². The maximum absolute atomic E-state index is 5.48. The predicted molar refractivity (Wildman–Crippen MR) is 89.5 cm³/mol. The van der Waals surface area contributed by atoms with Crippen LogP contribution in [0.25, 0.3) is 11.1 Å². The molecule has 0 saturated heterocycles. The topological polar surface area (TPSA) is 50.1 Å². The monoisotopic (exact) mass is 303 g/mol. The Bertz CT molecular complexity index is 652. The van der Waals surface area contributed by atoms with Crippen LogP contribution in [0, 0.1) is 12.8 Å². The molecule has 0 radical (unpaired) electrons. The zero-order valence-electron chi connectivity index (χ0n) is 12.5. The minimum absolute atomic E-state index is 0.483. The number of thiocarbonyl (C=S) groups is 1. The van der Waals surface area contributed by atoms with E-state index in [1.54, 1.807) is 0 Å². The van der Waals surface area contributed by atoms with Gasteiger partial charge >= 0.3 is 0 Å². The first-order valence-electron chi connectivity index (χ1n) is 7.56. The molecule has 1 aromatic carbocycles. The number of anilines is 1. The van der Waals surface area contributed by atoms with Crippen molar-refractivity contribution in [2.75, 3.05) is 5.32 Å². The number of nitrogens with zero attached hydrogens (tertiary/aromatic N) is 1. The van der Waals surface area contributed by atoms with Crippen LogP contribution in [0.2, 0.25) is 0 Å². The van der Waals surface area contributed by atoms with E-state index in [0.717, 1.165) is 16.8 Å². The molecular formula is C16H21N3OS. The first-order chi connectivity index (χ1) is 10.1. The van der Waals surface area contributed by atoms with E-state index in [1.807, 2.05) is 25.1 Å². The highest BCUT2D eigenvalue weighted by molar-refractivity contribution is 7.80. The fourth-order valence-corrected chi connectivity index (χ4v) is 3.26. The Kier molecular flexibility index (Phi) is 4.10. The summed E-state index contributed by atoms with van der Waals surface area (Å²) in [5, 5.41) is 7.38. The summed E-state index contributed by atoms with van der Waals surface area (Å²) in [4.78, 5) is 4.34. The second kappa shape index (κ2) is 6.02. The highest BCUT2D eigenvalue weighted by atomic mass is 32.1. The Morgan fingerprint density at radius 1 is 1.33 bits per heavy atom. The van der Waals surface area contributed by atoms with Crippen LogP contribution in [0.15, 0.2) is 22.6 Å². The minimum atomic E-state index is 0.483. The summed E-state index contributed by atoms with van der Waals surface area (Å²) >= 11 is 5.43. The van der Waals surface area contributed by atoms with Gasteiger partial charge < -0.3 is 15.1 Å². The van der Waals surface area contributed by atoms with Crippen LogP contribution in [-0.4, -0.2) is 16.1 Å². The average Bonchev–Trinajstić information content (AvgIpc) is 2.80. The lowest BCUT2D eigenvalue weighted by Crippen LogP contribution is -2.43. The van der Waals surface area contributed by atoms with E-state index < -0.39 is 0 Å². The zero-order chi connectivity index (χ0) is 14.8. The number of hydrogen-bond donors (Lipinski definition) is 2. The first-order valence-corrected chi connectivity index (χ1v) is 7.97. The van der Waals surface area contributed by atoms with Gasteiger partial charge in [0.2, 0.25) is 0 Å². The highest BCUT2D eigenvalue weighted by Crippen LogP contribution is 2.24. The number of aromatic nitrogens is 1. The molecule has 0 amide bonds. The van der Waals surface area contributed by atoms with Gasteiger partial charge in [-0.25, -0.2) is 4.98 Å². The van der Waals surface area contributed by atoms with Crippen LogP contribution in [0.4, 0.5) is 5.69 Å². The molecule has 0 unspecified atom stereocenters. The van der Waals surface area contributed by atoms with Crippen LogP contribution in [0.1, 0.15) is 38.5 Å². The van der Waals surface area contributed by atoms with Gasteiger partial charge in [-0.2, -0.15) is 0 Å². The van der Waals surface area contributed by atoms with Gasteiger partial charge in [0.05, 0.1) is 0 Å². The van der Waals surface area contributed by atoms with Crippen molar-refractivity contribution < 1.29 is 4.42 Å². The van der Waals surface area contributed by atoms with Crippen molar-refractivity contribution in [1.29, 1.82) is 0 Å². The molecule has 0 bridgehead atoms. The summed E-state index contributed by atoms with van der Waals surface area (Å²) in [6, 6.07) is 6.33. The molecule has 1 aliphatic carbocycles. The Labute approximate surface area is 130 Å². The SMILES string of the molecule is Cc1nc2cc(NC(=S)N[C@H]3CCCC[C@@H]3C)ccc2o1. The summed E-state index contributed by atoms with van der Waals surface area (Å²) in [6.07, 6.45) is 5.10. The van der Waals surface area contributed by atoms with E-state index in [1.165, 1.54) is 25.7 Å². The maximum atomic E-state index is 5.48. The highest BCUT2D eigenvalue weighted by Gasteiger charge is 2.21. The molecule has 1 fully saturated rings. The van der Waals surface area contributed by atoms with E-state index in [0.29, 0.717) is 23.0 Å². The van der Waals surface area contributed by atoms with Crippen molar-refractivity contribution in [3.8, 4) is 0 Å². The Hall–Kier alpha value is -1.62. The van der Waals surface area contributed by atoms with E-state index in [4.69, 9.17) is 16.6 Å². The molecule has 1 aromatic heterocycles. The van der Waals surface area contributed by atoms with Gasteiger partial charge in [-0.05, 0) is 49.2 Å². The summed E-state index contributed by atoms with van der Waals surface area (Å²) in [5.74, 6) is 1.36. The van der Waals surface area contributed by atoms with Crippen LogP contribution in [0.3, 0.4) is 0 Å². The van der Waals surface area contributed by atoms with Crippen molar-refractivity contribution >= 4 is 34.1 Å². The number of nitrogens with one attached hydrogen (secondary N) is 2. The largest absolute Gasteiger partial charge is 0.441 e. The Balaban J connectivity index is 1.65. The number of hydrogen-bond acceptors (Lipinski definition) is 3. The normalized spacial score (nSPS) is 22.2. The van der Waals surface area contributed by atoms with Crippen molar-refractivity contribution in [3.05, 3.63) is 24.1 Å². The van der Waals surface area contributed by atoms with Crippen LogP contribution in [0.5, 0.6) is 0 Å². The predicted octanol–water partition coefficient (Wildman–Crippen LogP) is 4.00. The number of rotatable bonds is 2. The van der Waals surface area contributed by atoms with E-state index >= 15 is 0 Å². The van der Waals surface area contributed by atoms with Gasteiger partial charge in [0.25, 0.3) is 0 Å². The fourth-order valence-electron chi connectivity index (χ4n) is 2.99. The molecular weight excluding hydrogens is 282 g/mol. The summed E-state index contributed by atoms with van der Waals surface area (Å²) in [5.41, 5.74) is 2.60. The van der Waals surface area contributed by atoms with E-state index in [2.05, 4.69) is 22.5 Å². The summed E-state index contributed by atoms with van der Waals surface area (Å²) in [7, 11) is 0. The van der Waals surface area contributed by atoms with Crippen LogP contribution in [-0.2, 0) is 0 Å².